The van der Waals surface area contributed by atoms with E-state index >= 15 is 0 Å². The van der Waals surface area contributed by atoms with Crippen LogP contribution in [0.15, 0.2) is 59.2 Å². The first-order valence-corrected chi connectivity index (χ1v) is 10.3. The maximum absolute atomic E-state index is 12.9. The van der Waals surface area contributed by atoms with Crippen molar-refractivity contribution >= 4 is 33.6 Å². The number of nitrogens with zero attached hydrogens (tertiary/aromatic N) is 3. The number of nitrogens with one attached hydrogen (secondary N) is 1. The molecule has 2 aromatic carbocycles. The molecule has 1 aliphatic rings. The maximum Gasteiger partial charge on any atom is 0.343 e. The molecule has 0 bridgehead atoms. The van der Waals surface area contributed by atoms with Crippen molar-refractivity contribution in [1.29, 1.82) is 0 Å². The largest absolute Gasteiger partial charge is 0.489 e. The lowest BCUT2D eigenvalue weighted by atomic mass is 10.1. The number of hydrogen-bond acceptors (Lipinski definition) is 4. The SMILES string of the molecule is Cc1c(Cc2ccccc2)cnn1C(=O)NC1COc2ccc(Br)cc2N(C)C1=O. The standard InChI is InChI=1S/C22H21BrN4O3/c1-14-16(10-15-6-4-3-5-7-15)12-24-27(14)22(29)25-18-13-30-20-9-8-17(23)11-19(20)26(2)21(18)28/h3-9,11-12,18H,10,13H2,1-2H3,(H,25,29). The Labute approximate surface area is 182 Å². The van der Waals surface area contributed by atoms with Crippen LogP contribution in [0.1, 0.15) is 16.8 Å². The predicted molar refractivity (Wildman–Crippen MR) is 117 cm³/mol. The molecule has 30 heavy (non-hydrogen) atoms. The van der Waals surface area contributed by atoms with E-state index in [1.165, 1.54) is 9.58 Å². The van der Waals surface area contributed by atoms with E-state index < -0.39 is 12.1 Å². The number of halogens is 1. The zero-order valence-electron chi connectivity index (χ0n) is 16.6. The van der Waals surface area contributed by atoms with Gasteiger partial charge in [0, 0.05) is 23.6 Å². The van der Waals surface area contributed by atoms with Gasteiger partial charge < -0.3 is 15.0 Å². The van der Waals surface area contributed by atoms with Crippen LogP contribution < -0.4 is 15.0 Å². The molecule has 2 heterocycles. The molecule has 3 aromatic rings. The van der Waals surface area contributed by atoms with Crippen molar-refractivity contribution in [1.82, 2.24) is 15.1 Å². The zero-order chi connectivity index (χ0) is 21.3. The van der Waals surface area contributed by atoms with E-state index in [4.69, 9.17) is 4.74 Å². The van der Waals surface area contributed by atoms with Gasteiger partial charge in [-0.05, 0) is 36.2 Å². The summed E-state index contributed by atoms with van der Waals surface area (Å²) < 4.78 is 7.91. The number of rotatable bonds is 3. The number of hydrogen-bond donors (Lipinski definition) is 1. The van der Waals surface area contributed by atoms with Gasteiger partial charge in [0.05, 0.1) is 11.9 Å². The van der Waals surface area contributed by atoms with E-state index in [1.807, 2.05) is 49.4 Å². The molecule has 7 nitrogen and oxygen atoms in total. The van der Waals surface area contributed by atoms with E-state index in [0.29, 0.717) is 17.9 Å². The average Bonchev–Trinajstić information content (AvgIpc) is 3.06. The summed E-state index contributed by atoms with van der Waals surface area (Å²) in [5.74, 6) is 0.334. The Morgan fingerprint density at radius 2 is 2.03 bits per heavy atom. The number of carbonyl (C=O) groups is 2. The lowest BCUT2D eigenvalue weighted by molar-refractivity contribution is -0.120. The Morgan fingerprint density at radius 1 is 1.27 bits per heavy atom. The predicted octanol–water partition coefficient (Wildman–Crippen LogP) is 3.53. The number of likely N-dealkylation sites (N-methyl/N-ethyl adjacent to an activating group) is 1. The van der Waals surface area contributed by atoms with E-state index in [0.717, 1.165) is 21.3 Å². The molecule has 1 atom stereocenters. The highest BCUT2D eigenvalue weighted by Crippen LogP contribution is 2.33. The summed E-state index contributed by atoms with van der Waals surface area (Å²) >= 11 is 3.41. The van der Waals surface area contributed by atoms with Crippen molar-refractivity contribution in [2.45, 2.75) is 19.4 Å². The molecule has 0 aliphatic carbocycles. The first-order valence-electron chi connectivity index (χ1n) is 9.52. The monoisotopic (exact) mass is 468 g/mol. The number of aromatic nitrogens is 2. The summed E-state index contributed by atoms with van der Waals surface area (Å²) in [6.07, 6.45) is 2.37. The number of fused-ring (bicyclic) bond motifs is 1. The van der Waals surface area contributed by atoms with Crippen molar-refractivity contribution in [2.75, 3.05) is 18.6 Å². The smallest absolute Gasteiger partial charge is 0.343 e. The Bertz CT molecular complexity index is 1100. The molecule has 2 amide bonds. The minimum absolute atomic E-state index is 0.0424. The minimum atomic E-state index is -0.824. The normalized spacial score (nSPS) is 15.9. The van der Waals surface area contributed by atoms with Crippen LogP contribution in [0.25, 0.3) is 0 Å². The van der Waals surface area contributed by atoms with Gasteiger partial charge in [-0.25, -0.2) is 4.79 Å². The lowest BCUT2D eigenvalue weighted by Crippen LogP contribution is -2.50. The van der Waals surface area contributed by atoms with Gasteiger partial charge in [-0.1, -0.05) is 46.3 Å². The van der Waals surface area contributed by atoms with Crippen LogP contribution in [-0.4, -0.2) is 41.4 Å². The Kier molecular flexibility index (Phi) is 5.59. The quantitative estimate of drug-likeness (QED) is 0.637. The zero-order valence-corrected chi connectivity index (χ0v) is 18.2. The fourth-order valence-corrected chi connectivity index (χ4v) is 3.77. The summed E-state index contributed by atoms with van der Waals surface area (Å²) in [6, 6.07) is 14.1. The van der Waals surface area contributed by atoms with Crippen LogP contribution in [0.3, 0.4) is 0 Å². The highest BCUT2D eigenvalue weighted by molar-refractivity contribution is 9.10. The average molecular weight is 469 g/mol. The van der Waals surface area contributed by atoms with Crippen molar-refractivity contribution in [3.05, 3.63) is 76.0 Å². The van der Waals surface area contributed by atoms with Crippen molar-refractivity contribution in [2.24, 2.45) is 0 Å². The first kappa shape index (κ1) is 20.2. The number of amides is 2. The summed E-state index contributed by atoms with van der Waals surface area (Å²) in [4.78, 5) is 27.2. The van der Waals surface area contributed by atoms with Crippen molar-refractivity contribution in [3.63, 3.8) is 0 Å². The van der Waals surface area contributed by atoms with Gasteiger partial charge in [0.15, 0.2) is 0 Å². The van der Waals surface area contributed by atoms with E-state index in [-0.39, 0.29) is 12.5 Å². The van der Waals surface area contributed by atoms with Gasteiger partial charge in [-0.3, -0.25) is 4.79 Å². The molecule has 154 valence electrons. The summed E-state index contributed by atoms with van der Waals surface area (Å²) in [6.45, 7) is 1.89. The molecule has 1 unspecified atom stereocenters. The lowest BCUT2D eigenvalue weighted by Gasteiger charge is -2.20. The molecule has 1 N–H and O–H groups in total. The number of ether oxygens (including phenoxy) is 1. The van der Waals surface area contributed by atoms with Crippen LogP contribution in [0, 0.1) is 6.92 Å². The van der Waals surface area contributed by atoms with Crippen LogP contribution in [0.4, 0.5) is 10.5 Å². The van der Waals surface area contributed by atoms with Crippen LogP contribution >= 0.6 is 15.9 Å². The third-order valence-corrected chi connectivity index (χ3v) is 5.65. The molecule has 0 spiro atoms. The molecule has 1 aromatic heterocycles. The molecular formula is C22H21BrN4O3. The summed E-state index contributed by atoms with van der Waals surface area (Å²) in [7, 11) is 1.67. The third-order valence-electron chi connectivity index (χ3n) is 5.16. The van der Waals surface area contributed by atoms with Crippen LogP contribution in [-0.2, 0) is 11.2 Å². The molecule has 1 aliphatic heterocycles. The fourth-order valence-electron chi connectivity index (χ4n) is 3.42. The molecule has 0 fully saturated rings. The second-order valence-corrected chi connectivity index (χ2v) is 8.07. The molecule has 8 heteroatoms. The highest BCUT2D eigenvalue weighted by Gasteiger charge is 2.31. The summed E-state index contributed by atoms with van der Waals surface area (Å²) in [5.41, 5.74) is 3.47. The highest BCUT2D eigenvalue weighted by atomic mass is 79.9. The number of anilines is 1. The number of benzene rings is 2. The van der Waals surface area contributed by atoms with Crippen LogP contribution in [0.2, 0.25) is 0 Å². The Hall–Kier alpha value is -3.13. The second-order valence-electron chi connectivity index (χ2n) is 7.15. The van der Waals surface area contributed by atoms with Gasteiger partial charge in [0.25, 0.3) is 5.91 Å². The van der Waals surface area contributed by atoms with Gasteiger partial charge in [-0.15, -0.1) is 0 Å². The minimum Gasteiger partial charge on any atom is -0.489 e. The van der Waals surface area contributed by atoms with E-state index in [9.17, 15) is 9.59 Å². The Morgan fingerprint density at radius 3 is 2.80 bits per heavy atom. The van der Waals surface area contributed by atoms with Gasteiger partial charge in [-0.2, -0.15) is 9.78 Å². The molecular weight excluding hydrogens is 448 g/mol. The fraction of sp³-hybridized carbons (Fsp3) is 0.227. The van der Waals surface area contributed by atoms with Gasteiger partial charge in [0.2, 0.25) is 0 Å². The summed E-state index contributed by atoms with van der Waals surface area (Å²) in [5, 5.41) is 6.99. The maximum atomic E-state index is 12.9. The van der Waals surface area contributed by atoms with E-state index in [1.54, 1.807) is 19.3 Å². The van der Waals surface area contributed by atoms with Gasteiger partial charge >= 0.3 is 6.03 Å². The third kappa shape index (κ3) is 3.95. The molecule has 4 rings (SSSR count). The first-order chi connectivity index (χ1) is 14.4. The van der Waals surface area contributed by atoms with Crippen molar-refractivity contribution < 1.29 is 14.3 Å². The second kappa shape index (κ2) is 8.31. The molecule has 0 saturated heterocycles. The molecule has 0 saturated carbocycles. The Balaban J connectivity index is 1.50. The van der Waals surface area contributed by atoms with Crippen LogP contribution in [0.5, 0.6) is 5.75 Å². The van der Waals surface area contributed by atoms with E-state index in [2.05, 4.69) is 26.3 Å². The molecule has 0 radical (unpaired) electrons. The van der Waals surface area contributed by atoms with Gasteiger partial charge in [0.1, 0.15) is 18.4 Å². The van der Waals surface area contributed by atoms with Crippen molar-refractivity contribution in [3.8, 4) is 5.75 Å². The number of carbonyl (C=O) groups excluding carboxylic acids is 2. The topological polar surface area (TPSA) is 76.5 Å².